The summed E-state index contributed by atoms with van der Waals surface area (Å²) in [5.74, 6) is 1.55. The lowest BCUT2D eigenvalue weighted by Gasteiger charge is -2.21. The number of carboxylic acids is 1. The molecule has 5 heteroatoms. The van der Waals surface area contributed by atoms with Crippen LogP contribution in [0.3, 0.4) is 0 Å². The van der Waals surface area contributed by atoms with E-state index >= 15 is 0 Å². The van der Waals surface area contributed by atoms with Crippen LogP contribution >= 0.6 is 11.8 Å². The second kappa shape index (κ2) is 6.00. The van der Waals surface area contributed by atoms with Gasteiger partial charge >= 0.3 is 5.97 Å². The minimum atomic E-state index is -0.984. The molecule has 2 N–H and O–H groups in total. The Hall–Kier alpha value is -0.710. The van der Waals surface area contributed by atoms with Crippen LogP contribution in [0.1, 0.15) is 26.2 Å². The number of rotatable bonds is 4. The molecular weight excluding hydrogens is 214 g/mol. The smallest absolute Gasteiger partial charge is 0.325 e. The summed E-state index contributed by atoms with van der Waals surface area (Å²) in [5.41, 5.74) is 0. The summed E-state index contributed by atoms with van der Waals surface area (Å²) < 4.78 is 0. The van der Waals surface area contributed by atoms with Gasteiger partial charge in [-0.2, -0.15) is 11.8 Å². The lowest BCUT2D eigenvalue weighted by molar-refractivity contribution is -0.141. The van der Waals surface area contributed by atoms with Crippen LogP contribution in [0.15, 0.2) is 0 Å². The van der Waals surface area contributed by atoms with Gasteiger partial charge in [0, 0.05) is 6.42 Å². The van der Waals surface area contributed by atoms with E-state index in [-0.39, 0.29) is 5.91 Å². The molecule has 1 heterocycles. The van der Waals surface area contributed by atoms with Gasteiger partial charge in [0.05, 0.1) is 0 Å². The summed E-state index contributed by atoms with van der Waals surface area (Å²) in [5, 5.41) is 11.1. The molecule has 86 valence electrons. The molecule has 1 aliphatic rings. The van der Waals surface area contributed by atoms with Crippen molar-refractivity contribution in [3.63, 3.8) is 0 Å². The van der Waals surface area contributed by atoms with Gasteiger partial charge in [-0.15, -0.1) is 0 Å². The molecule has 0 aromatic rings. The minimum absolute atomic E-state index is 0.137. The number of carbonyl (C=O) groups excluding carboxylic acids is 1. The second-order valence-corrected chi connectivity index (χ2v) is 5.11. The zero-order valence-corrected chi connectivity index (χ0v) is 9.68. The second-order valence-electron chi connectivity index (χ2n) is 3.89. The molecule has 1 amide bonds. The zero-order valence-electron chi connectivity index (χ0n) is 8.86. The van der Waals surface area contributed by atoms with E-state index in [9.17, 15) is 9.59 Å². The first-order valence-corrected chi connectivity index (χ1v) is 6.35. The molecule has 0 radical (unpaired) electrons. The summed E-state index contributed by atoms with van der Waals surface area (Å²) in [6, 6.07) is -0.782. The highest BCUT2D eigenvalue weighted by Gasteiger charge is 2.19. The van der Waals surface area contributed by atoms with Gasteiger partial charge in [0.25, 0.3) is 0 Å². The molecule has 0 saturated carbocycles. The van der Waals surface area contributed by atoms with Crippen LogP contribution in [0.2, 0.25) is 0 Å². The van der Waals surface area contributed by atoms with Crippen LogP contribution in [-0.2, 0) is 9.59 Å². The predicted octanol–water partition coefficient (Wildman–Crippen LogP) is 1.11. The molecule has 0 aliphatic carbocycles. The van der Waals surface area contributed by atoms with Crippen molar-refractivity contribution in [2.24, 2.45) is 5.92 Å². The SMILES string of the molecule is CC(NC(=O)CC1CCSCC1)C(=O)O. The Morgan fingerprint density at radius 3 is 2.60 bits per heavy atom. The molecule has 4 nitrogen and oxygen atoms in total. The number of hydrogen-bond acceptors (Lipinski definition) is 3. The van der Waals surface area contributed by atoms with E-state index < -0.39 is 12.0 Å². The Bertz CT molecular complexity index is 239. The lowest BCUT2D eigenvalue weighted by atomic mass is 9.98. The summed E-state index contributed by atoms with van der Waals surface area (Å²) in [6.45, 7) is 1.48. The third-order valence-electron chi connectivity index (χ3n) is 2.56. The lowest BCUT2D eigenvalue weighted by Crippen LogP contribution is -2.39. The van der Waals surface area contributed by atoms with Crippen LogP contribution in [0.5, 0.6) is 0 Å². The minimum Gasteiger partial charge on any atom is -0.480 e. The average Bonchev–Trinajstić information content (AvgIpc) is 2.18. The Labute approximate surface area is 93.8 Å². The van der Waals surface area contributed by atoms with Crippen LogP contribution < -0.4 is 5.32 Å². The van der Waals surface area contributed by atoms with Crippen molar-refractivity contribution < 1.29 is 14.7 Å². The Kier molecular flexibility index (Phi) is 4.94. The molecule has 0 bridgehead atoms. The van der Waals surface area contributed by atoms with Gasteiger partial charge in [-0.3, -0.25) is 9.59 Å². The fourth-order valence-electron chi connectivity index (χ4n) is 1.57. The molecule has 1 saturated heterocycles. The topological polar surface area (TPSA) is 66.4 Å². The largest absolute Gasteiger partial charge is 0.480 e. The van der Waals surface area contributed by atoms with E-state index in [1.807, 2.05) is 11.8 Å². The van der Waals surface area contributed by atoms with E-state index in [0.29, 0.717) is 12.3 Å². The van der Waals surface area contributed by atoms with Crippen molar-refractivity contribution >= 4 is 23.6 Å². The van der Waals surface area contributed by atoms with Gasteiger partial charge < -0.3 is 10.4 Å². The third-order valence-corrected chi connectivity index (χ3v) is 3.61. The summed E-state index contributed by atoms with van der Waals surface area (Å²) in [7, 11) is 0. The van der Waals surface area contributed by atoms with Crippen LogP contribution in [0.25, 0.3) is 0 Å². The molecule has 1 aliphatic heterocycles. The number of nitrogens with one attached hydrogen (secondary N) is 1. The molecule has 1 fully saturated rings. The normalized spacial score (nSPS) is 19.5. The zero-order chi connectivity index (χ0) is 11.3. The number of carbonyl (C=O) groups is 2. The monoisotopic (exact) mass is 231 g/mol. The number of thioether (sulfide) groups is 1. The highest BCUT2D eigenvalue weighted by molar-refractivity contribution is 7.99. The van der Waals surface area contributed by atoms with Gasteiger partial charge in [0.2, 0.25) is 5.91 Å². The first-order chi connectivity index (χ1) is 7.09. The summed E-state index contributed by atoms with van der Waals surface area (Å²) in [4.78, 5) is 22.0. The molecular formula is C10H17NO3S. The average molecular weight is 231 g/mol. The van der Waals surface area contributed by atoms with E-state index in [2.05, 4.69) is 5.32 Å². The van der Waals surface area contributed by atoms with Gasteiger partial charge in [-0.25, -0.2) is 0 Å². The summed E-state index contributed by atoms with van der Waals surface area (Å²) >= 11 is 1.92. The maximum Gasteiger partial charge on any atom is 0.325 e. The van der Waals surface area contributed by atoms with Crippen molar-refractivity contribution in [1.29, 1.82) is 0 Å². The number of aliphatic carboxylic acids is 1. The van der Waals surface area contributed by atoms with E-state index in [0.717, 1.165) is 24.3 Å². The van der Waals surface area contributed by atoms with E-state index in [1.54, 1.807) is 0 Å². The van der Waals surface area contributed by atoms with Crippen molar-refractivity contribution in [1.82, 2.24) is 5.32 Å². The Morgan fingerprint density at radius 1 is 1.47 bits per heavy atom. The molecule has 0 spiro atoms. The first kappa shape index (κ1) is 12.4. The number of amides is 1. The van der Waals surface area contributed by atoms with Gasteiger partial charge in [-0.05, 0) is 37.2 Å². The highest BCUT2D eigenvalue weighted by Crippen LogP contribution is 2.24. The van der Waals surface area contributed by atoms with Crippen molar-refractivity contribution in [2.45, 2.75) is 32.2 Å². The van der Waals surface area contributed by atoms with Gasteiger partial charge in [0.15, 0.2) is 0 Å². The van der Waals surface area contributed by atoms with Crippen LogP contribution in [0.4, 0.5) is 0 Å². The van der Waals surface area contributed by atoms with E-state index in [1.165, 1.54) is 6.92 Å². The first-order valence-electron chi connectivity index (χ1n) is 5.19. The highest BCUT2D eigenvalue weighted by atomic mass is 32.2. The fourth-order valence-corrected chi connectivity index (χ4v) is 2.78. The molecule has 0 aromatic heterocycles. The van der Waals surface area contributed by atoms with Gasteiger partial charge in [0.1, 0.15) is 6.04 Å². The number of carboxylic acid groups (broad SMARTS) is 1. The standard InChI is InChI=1S/C10H17NO3S/c1-7(10(13)14)11-9(12)6-8-2-4-15-5-3-8/h7-8H,2-6H2,1H3,(H,11,12)(H,13,14). The molecule has 1 atom stereocenters. The Morgan fingerprint density at radius 2 is 2.07 bits per heavy atom. The fraction of sp³-hybridized carbons (Fsp3) is 0.800. The molecule has 1 rings (SSSR count). The Balaban J connectivity index is 2.25. The van der Waals surface area contributed by atoms with Gasteiger partial charge in [-0.1, -0.05) is 0 Å². The van der Waals surface area contributed by atoms with Crippen LogP contribution in [-0.4, -0.2) is 34.5 Å². The molecule has 15 heavy (non-hydrogen) atoms. The molecule has 1 unspecified atom stereocenters. The summed E-state index contributed by atoms with van der Waals surface area (Å²) in [6.07, 6.45) is 2.61. The van der Waals surface area contributed by atoms with Crippen molar-refractivity contribution in [3.8, 4) is 0 Å². The van der Waals surface area contributed by atoms with Crippen molar-refractivity contribution in [3.05, 3.63) is 0 Å². The quantitative estimate of drug-likeness (QED) is 0.760. The molecule has 0 aromatic carbocycles. The maximum atomic E-state index is 11.4. The van der Waals surface area contributed by atoms with Crippen LogP contribution in [0, 0.1) is 5.92 Å². The maximum absolute atomic E-state index is 11.4. The third kappa shape index (κ3) is 4.55. The number of hydrogen-bond donors (Lipinski definition) is 2. The predicted molar refractivity (Wildman–Crippen MR) is 59.9 cm³/mol. The van der Waals surface area contributed by atoms with Crippen molar-refractivity contribution in [2.75, 3.05) is 11.5 Å². The van der Waals surface area contributed by atoms with E-state index in [4.69, 9.17) is 5.11 Å².